The molecule has 0 radical (unpaired) electrons. The van der Waals surface area contributed by atoms with Crippen molar-refractivity contribution in [1.82, 2.24) is 23.3 Å². The zero-order chi connectivity index (χ0) is 26.4. The molecule has 0 aromatic heterocycles. The number of hydrogen-bond donors (Lipinski definition) is 1. The molecule has 1 aromatic rings. The molecular formula is C24H37ClN6O5S. The zero-order valence-electron chi connectivity index (χ0n) is 21.4. The van der Waals surface area contributed by atoms with Gasteiger partial charge in [0.2, 0.25) is 5.91 Å². The van der Waals surface area contributed by atoms with Crippen molar-refractivity contribution >= 4 is 39.4 Å². The number of halogens is 1. The van der Waals surface area contributed by atoms with E-state index in [0.717, 1.165) is 38.8 Å². The Hall–Kier alpha value is -2.12. The van der Waals surface area contributed by atoms with Crippen LogP contribution in [0.15, 0.2) is 18.2 Å². The topological polar surface area (TPSA) is 106 Å². The molecule has 0 atom stereocenters. The molecule has 3 amide bonds. The number of amides is 3. The summed E-state index contributed by atoms with van der Waals surface area (Å²) >= 11 is 6.03. The molecule has 3 fully saturated rings. The SMILES string of the molecule is COc1ccc(Cl)cc1NC(=O)CN1CCN(S(=O)(=O)N2CCN(C(=O)N3CCCCCC3)CC2)CC1. The van der Waals surface area contributed by atoms with E-state index < -0.39 is 10.2 Å². The van der Waals surface area contributed by atoms with Crippen molar-refractivity contribution in [3.8, 4) is 5.75 Å². The predicted molar refractivity (Wildman–Crippen MR) is 142 cm³/mol. The fourth-order valence-electron chi connectivity index (χ4n) is 5.02. The van der Waals surface area contributed by atoms with Crippen LogP contribution in [-0.4, -0.2) is 123 Å². The standard InChI is InChI=1S/C24H37ClN6O5S/c1-36-22-7-6-20(25)18-21(22)26-23(32)19-27-10-14-30(15-11-27)37(34,35)31-16-12-29(13-17-31)24(33)28-8-4-2-3-5-9-28/h6-7,18H,2-5,8-17,19H2,1H3,(H,26,32). The second kappa shape index (κ2) is 12.6. The summed E-state index contributed by atoms with van der Waals surface area (Å²) in [6, 6.07) is 5.03. The third-order valence-corrected chi connectivity index (χ3v) is 9.44. The van der Waals surface area contributed by atoms with Crippen LogP contribution in [0, 0.1) is 0 Å². The maximum absolute atomic E-state index is 13.3. The number of piperazine rings is 2. The minimum Gasteiger partial charge on any atom is -0.495 e. The van der Waals surface area contributed by atoms with Crippen LogP contribution in [0.3, 0.4) is 0 Å². The minimum atomic E-state index is -3.62. The van der Waals surface area contributed by atoms with E-state index in [1.165, 1.54) is 15.7 Å². The summed E-state index contributed by atoms with van der Waals surface area (Å²) in [6.07, 6.45) is 4.37. The van der Waals surface area contributed by atoms with Gasteiger partial charge in [-0.3, -0.25) is 9.69 Å². The smallest absolute Gasteiger partial charge is 0.320 e. The van der Waals surface area contributed by atoms with Gasteiger partial charge >= 0.3 is 6.03 Å². The Morgan fingerprint density at radius 1 is 0.865 bits per heavy atom. The molecule has 0 unspecified atom stereocenters. The van der Waals surface area contributed by atoms with Gasteiger partial charge in [-0.2, -0.15) is 17.0 Å². The number of nitrogens with one attached hydrogen (secondary N) is 1. The van der Waals surface area contributed by atoms with Gasteiger partial charge in [0.25, 0.3) is 10.2 Å². The highest BCUT2D eigenvalue weighted by Crippen LogP contribution is 2.27. The zero-order valence-corrected chi connectivity index (χ0v) is 23.0. The summed E-state index contributed by atoms with van der Waals surface area (Å²) in [5, 5.41) is 3.31. The molecule has 3 aliphatic rings. The molecule has 206 valence electrons. The van der Waals surface area contributed by atoms with Gasteiger partial charge in [-0.05, 0) is 31.0 Å². The van der Waals surface area contributed by atoms with Crippen molar-refractivity contribution in [3.63, 3.8) is 0 Å². The first kappa shape index (κ1) is 27.9. The quantitative estimate of drug-likeness (QED) is 0.572. The Bertz CT molecular complexity index is 1050. The summed E-state index contributed by atoms with van der Waals surface area (Å²) in [7, 11) is -2.10. The highest BCUT2D eigenvalue weighted by Gasteiger charge is 2.36. The molecule has 1 aromatic carbocycles. The molecule has 1 N–H and O–H groups in total. The lowest BCUT2D eigenvalue weighted by atomic mass is 10.2. The Balaban J connectivity index is 1.23. The Kier molecular flexibility index (Phi) is 9.51. The van der Waals surface area contributed by atoms with Crippen LogP contribution < -0.4 is 10.1 Å². The average Bonchev–Trinajstić information content (AvgIpc) is 3.18. The van der Waals surface area contributed by atoms with Crippen LogP contribution >= 0.6 is 11.6 Å². The van der Waals surface area contributed by atoms with Gasteiger partial charge in [0.1, 0.15) is 5.75 Å². The van der Waals surface area contributed by atoms with E-state index in [-0.39, 0.29) is 18.5 Å². The van der Waals surface area contributed by atoms with Gasteiger partial charge in [0.05, 0.1) is 19.3 Å². The van der Waals surface area contributed by atoms with Crippen molar-refractivity contribution < 1.29 is 22.7 Å². The maximum atomic E-state index is 13.3. The van der Waals surface area contributed by atoms with E-state index in [4.69, 9.17) is 16.3 Å². The van der Waals surface area contributed by atoms with E-state index in [1.54, 1.807) is 23.1 Å². The van der Waals surface area contributed by atoms with E-state index >= 15 is 0 Å². The van der Waals surface area contributed by atoms with Crippen LogP contribution in [0.4, 0.5) is 10.5 Å². The second-order valence-corrected chi connectivity index (χ2v) is 12.0. The molecular weight excluding hydrogens is 520 g/mol. The fraction of sp³-hybridized carbons (Fsp3) is 0.667. The Morgan fingerprint density at radius 2 is 1.43 bits per heavy atom. The molecule has 4 rings (SSSR count). The first-order valence-corrected chi connectivity index (χ1v) is 14.7. The third-order valence-electron chi connectivity index (χ3n) is 7.17. The molecule has 3 aliphatic heterocycles. The number of carbonyl (C=O) groups excluding carboxylic acids is 2. The van der Waals surface area contributed by atoms with Gasteiger partial charge < -0.3 is 19.9 Å². The van der Waals surface area contributed by atoms with Crippen LogP contribution in [0.5, 0.6) is 5.75 Å². The molecule has 0 spiro atoms. The van der Waals surface area contributed by atoms with Gasteiger partial charge in [-0.15, -0.1) is 0 Å². The Labute approximate surface area is 224 Å². The third kappa shape index (κ3) is 7.05. The second-order valence-electron chi connectivity index (χ2n) is 9.65. The molecule has 11 nitrogen and oxygen atoms in total. The molecule has 13 heteroatoms. The van der Waals surface area contributed by atoms with Crippen molar-refractivity contribution in [2.75, 3.05) is 84.4 Å². The fourth-order valence-corrected chi connectivity index (χ4v) is 6.77. The summed E-state index contributed by atoms with van der Waals surface area (Å²) in [4.78, 5) is 31.1. The van der Waals surface area contributed by atoms with Gasteiger partial charge in [-0.1, -0.05) is 24.4 Å². The summed E-state index contributed by atoms with van der Waals surface area (Å²) in [5.74, 6) is 0.295. The summed E-state index contributed by atoms with van der Waals surface area (Å²) in [6.45, 7) is 4.63. The number of carbonyl (C=O) groups is 2. The minimum absolute atomic E-state index is 0.0289. The highest BCUT2D eigenvalue weighted by atomic mass is 35.5. The highest BCUT2D eigenvalue weighted by molar-refractivity contribution is 7.86. The average molecular weight is 557 g/mol. The molecule has 0 aliphatic carbocycles. The lowest BCUT2D eigenvalue weighted by molar-refractivity contribution is -0.117. The number of anilines is 1. The molecule has 3 heterocycles. The number of rotatable bonds is 6. The van der Waals surface area contributed by atoms with E-state index in [1.807, 2.05) is 9.80 Å². The Morgan fingerprint density at radius 3 is 2.03 bits per heavy atom. The number of methoxy groups -OCH3 is 1. The van der Waals surface area contributed by atoms with Crippen LogP contribution in [-0.2, 0) is 15.0 Å². The number of benzene rings is 1. The number of ether oxygens (including phenoxy) is 1. The van der Waals surface area contributed by atoms with Gasteiger partial charge in [0, 0.05) is 70.5 Å². The largest absolute Gasteiger partial charge is 0.495 e. The van der Waals surface area contributed by atoms with Gasteiger partial charge in [0.15, 0.2) is 0 Å². The molecule has 0 saturated carbocycles. The number of urea groups is 1. The van der Waals surface area contributed by atoms with Gasteiger partial charge in [-0.25, -0.2) is 4.79 Å². The van der Waals surface area contributed by atoms with Crippen molar-refractivity contribution in [3.05, 3.63) is 23.2 Å². The lowest BCUT2D eigenvalue weighted by Gasteiger charge is -2.40. The molecule has 37 heavy (non-hydrogen) atoms. The van der Waals surface area contributed by atoms with Crippen LogP contribution in [0.1, 0.15) is 25.7 Å². The van der Waals surface area contributed by atoms with Crippen molar-refractivity contribution in [1.29, 1.82) is 0 Å². The molecule has 0 bridgehead atoms. The summed E-state index contributed by atoms with van der Waals surface area (Å²) < 4.78 is 34.7. The number of nitrogens with zero attached hydrogens (tertiary/aromatic N) is 5. The van der Waals surface area contributed by atoms with Crippen molar-refractivity contribution in [2.24, 2.45) is 0 Å². The number of likely N-dealkylation sites (tertiary alicyclic amines) is 1. The van der Waals surface area contributed by atoms with E-state index in [0.29, 0.717) is 68.8 Å². The monoisotopic (exact) mass is 556 g/mol. The first-order chi connectivity index (χ1) is 17.8. The van der Waals surface area contributed by atoms with E-state index in [2.05, 4.69) is 5.32 Å². The first-order valence-electron chi connectivity index (χ1n) is 12.9. The maximum Gasteiger partial charge on any atom is 0.320 e. The predicted octanol–water partition coefficient (Wildman–Crippen LogP) is 1.76. The van der Waals surface area contributed by atoms with Crippen molar-refractivity contribution in [2.45, 2.75) is 25.7 Å². The van der Waals surface area contributed by atoms with Crippen LogP contribution in [0.25, 0.3) is 0 Å². The molecule has 3 saturated heterocycles. The lowest BCUT2D eigenvalue weighted by Crippen LogP contribution is -2.59. The normalized spacial score (nSPS) is 20.9. The number of hydrogen-bond acceptors (Lipinski definition) is 6. The summed E-state index contributed by atoms with van der Waals surface area (Å²) in [5.41, 5.74) is 0.495. The van der Waals surface area contributed by atoms with Crippen LogP contribution in [0.2, 0.25) is 5.02 Å². The van der Waals surface area contributed by atoms with E-state index in [9.17, 15) is 18.0 Å².